The SMILES string of the molecule is C[C@@H](N)c1ccc(-n2ccnc2)cc1.Cl. The minimum Gasteiger partial charge on any atom is -0.324 e. The average Bonchev–Trinajstić information content (AvgIpc) is 2.71. The van der Waals surface area contributed by atoms with Crippen LogP contribution in [0.3, 0.4) is 0 Å². The van der Waals surface area contributed by atoms with Gasteiger partial charge in [0.2, 0.25) is 0 Å². The van der Waals surface area contributed by atoms with Gasteiger partial charge in [-0.3, -0.25) is 0 Å². The Morgan fingerprint density at radius 1 is 1.27 bits per heavy atom. The second kappa shape index (κ2) is 4.96. The van der Waals surface area contributed by atoms with Gasteiger partial charge in [0.1, 0.15) is 0 Å². The summed E-state index contributed by atoms with van der Waals surface area (Å²) in [7, 11) is 0. The van der Waals surface area contributed by atoms with Gasteiger partial charge in [0.25, 0.3) is 0 Å². The van der Waals surface area contributed by atoms with Gasteiger partial charge in [-0.15, -0.1) is 12.4 Å². The van der Waals surface area contributed by atoms with Crippen LogP contribution in [0.25, 0.3) is 5.69 Å². The maximum absolute atomic E-state index is 5.76. The van der Waals surface area contributed by atoms with Crippen LogP contribution in [0.15, 0.2) is 43.0 Å². The van der Waals surface area contributed by atoms with Crippen LogP contribution in [0.4, 0.5) is 0 Å². The summed E-state index contributed by atoms with van der Waals surface area (Å²) in [6, 6.07) is 8.26. The number of rotatable bonds is 2. The molecule has 4 heteroatoms. The second-order valence-corrected chi connectivity index (χ2v) is 3.35. The molecule has 0 saturated heterocycles. The minimum absolute atomic E-state index is 0. The van der Waals surface area contributed by atoms with Crippen molar-refractivity contribution in [2.75, 3.05) is 0 Å². The van der Waals surface area contributed by atoms with Crippen LogP contribution in [0.5, 0.6) is 0 Å². The van der Waals surface area contributed by atoms with Gasteiger partial charge in [-0.05, 0) is 24.6 Å². The van der Waals surface area contributed by atoms with Crippen LogP contribution in [-0.4, -0.2) is 9.55 Å². The number of halogens is 1. The summed E-state index contributed by atoms with van der Waals surface area (Å²) in [5.41, 5.74) is 8.01. The van der Waals surface area contributed by atoms with E-state index in [0.29, 0.717) is 0 Å². The first-order valence-corrected chi connectivity index (χ1v) is 4.61. The summed E-state index contributed by atoms with van der Waals surface area (Å²) in [5, 5.41) is 0. The fraction of sp³-hybridized carbons (Fsp3) is 0.182. The average molecular weight is 224 g/mol. The van der Waals surface area contributed by atoms with E-state index >= 15 is 0 Å². The topological polar surface area (TPSA) is 43.8 Å². The zero-order valence-corrected chi connectivity index (χ0v) is 9.32. The van der Waals surface area contributed by atoms with Gasteiger partial charge in [0.15, 0.2) is 0 Å². The van der Waals surface area contributed by atoms with Crippen LogP contribution in [0.2, 0.25) is 0 Å². The minimum atomic E-state index is 0. The molecule has 2 N–H and O–H groups in total. The fourth-order valence-electron chi connectivity index (χ4n) is 1.36. The van der Waals surface area contributed by atoms with E-state index < -0.39 is 0 Å². The number of imidazole rings is 1. The number of nitrogens with zero attached hydrogens (tertiary/aromatic N) is 2. The smallest absolute Gasteiger partial charge is 0.0991 e. The van der Waals surface area contributed by atoms with E-state index in [2.05, 4.69) is 4.98 Å². The molecule has 2 rings (SSSR count). The van der Waals surface area contributed by atoms with E-state index in [9.17, 15) is 0 Å². The molecule has 0 spiro atoms. The van der Waals surface area contributed by atoms with Gasteiger partial charge in [-0.2, -0.15) is 0 Å². The van der Waals surface area contributed by atoms with E-state index in [-0.39, 0.29) is 18.4 Å². The van der Waals surface area contributed by atoms with E-state index in [1.165, 1.54) is 0 Å². The molecule has 2 aromatic rings. The molecule has 0 radical (unpaired) electrons. The van der Waals surface area contributed by atoms with Crippen molar-refractivity contribution in [3.8, 4) is 5.69 Å². The van der Waals surface area contributed by atoms with E-state index in [1.807, 2.05) is 42.0 Å². The molecule has 0 saturated carbocycles. The highest BCUT2D eigenvalue weighted by molar-refractivity contribution is 5.85. The van der Waals surface area contributed by atoms with Crippen molar-refractivity contribution < 1.29 is 0 Å². The summed E-state index contributed by atoms with van der Waals surface area (Å²) in [6.45, 7) is 1.98. The van der Waals surface area contributed by atoms with Crippen LogP contribution in [0, 0.1) is 0 Å². The lowest BCUT2D eigenvalue weighted by molar-refractivity contribution is 0.817. The third-order valence-electron chi connectivity index (χ3n) is 2.22. The van der Waals surface area contributed by atoms with Crippen LogP contribution < -0.4 is 5.73 Å². The molecule has 0 fully saturated rings. The van der Waals surface area contributed by atoms with Crippen molar-refractivity contribution >= 4 is 12.4 Å². The highest BCUT2D eigenvalue weighted by Gasteiger charge is 1.99. The molecule has 3 nitrogen and oxygen atoms in total. The third-order valence-corrected chi connectivity index (χ3v) is 2.22. The molecular formula is C11H14ClN3. The number of nitrogens with two attached hydrogens (primary N) is 1. The maximum atomic E-state index is 5.76. The Kier molecular flexibility index (Phi) is 3.88. The summed E-state index contributed by atoms with van der Waals surface area (Å²) in [6.07, 6.45) is 5.46. The van der Waals surface area contributed by atoms with Crippen molar-refractivity contribution in [2.24, 2.45) is 5.73 Å². The van der Waals surface area contributed by atoms with Gasteiger partial charge in [-0.1, -0.05) is 12.1 Å². The highest BCUT2D eigenvalue weighted by Crippen LogP contribution is 2.13. The Bertz CT molecular complexity index is 392. The predicted octanol–water partition coefficient (Wildman–Crippen LogP) is 2.31. The Morgan fingerprint density at radius 2 is 1.93 bits per heavy atom. The number of benzene rings is 1. The number of hydrogen-bond acceptors (Lipinski definition) is 2. The summed E-state index contributed by atoms with van der Waals surface area (Å²) in [4.78, 5) is 3.99. The summed E-state index contributed by atoms with van der Waals surface area (Å²) < 4.78 is 1.96. The van der Waals surface area contributed by atoms with Crippen LogP contribution in [-0.2, 0) is 0 Å². The quantitative estimate of drug-likeness (QED) is 0.849. The molecule has 80 valence electrons. The molecule has 0 aliphatic heterocycles. The molecule has 1 aromatic heterocycles. The molecule has 0 aliphatic rings. The zero-order valence-electron chi connectivity index (χ0n) is 8.50. The van der Waals surface area contributed by atoms with Crippen molar-refractivity contribution in [2.45, 2.75) is 13.0 Å². The first-order valence-electron chi connectivity index (χ1n) is 4.61. The van der Waals surface area contributed by atoms with Crippen LogP contribution in [0.1, 0.15) is 18.5 Å². The number of hydrogen-bond donors (Lipinski definition) is 1. The molecule has 0 unspecified atom stereocenters. The Labute approximate surface area is 95.4 Å². The standard InChI is InChI=1S/C11H13N3.ClH/c1-9(12)10-2-4-11(5-3-10)14-7-6-13-8-14;/h2-9H,12H2,1H3;1H/t9-;/m1./s1. The molecule has 0 bridgehead atoms. The Hall–Kier alpha value is -1.32. The van der Waals surface area contributed by atoms with E-state index in [4.69, 9.17) is 5.73 Å². The summed E-state index contributed by atoms with van der Waals surface area (Å²) >= 11 is 0. The highest BCUT2D eigenvalue weighted by atomic mass is 35.5. The van der Waals surface area contributed by atoms with Crippen LogP contribution >= 0.6 is 12.4 Å². The summed E-state index contributed by atoms with van der Waals surface area (Å²) in [5.74, 6) is 0. The lowest BCUT2D eigenvalue weighted by Crippen LogP contribution is -2.04. The molecule has 1 atom stereocenters. The lowest BCUT2D eigenvalue weighted by Gasteiger charge is -2.07. The lowest BCUT2D eigenvalue weighted by atomic mass is 10.1. The monoisotopic (exact) mass is 223 g/mol. The van der Waals surface area contributed by atoms with Crippen molar-refractivity contribution in [1.82, 2.24) is 9.55 Å². The maximum Gasteiger partial charge on any atom is 0.0991 e. The first kappa shape index (κ1) is 11.8. The normalized spacial score (nSPS) is 11.9. The van der Waals surface area contributed by atoms with Gasteiger partial charge in [-0.25, -0.2) is 4.98 Å². The van der Waals surface area contributed by atoms with Gasteiger partial charge in [0, 0.05) is 24.1 Å². The Balaban J connectivity index is 0.00000112. The van der Waals surface area contributed by atoms with Crippen molar-refractivity contribution in [1.29, 1.82) is 0 Å². The molecular weight excluding hydrogens is 210 g/mol. The fourth-order valence-corrected chi connectivity index (χ4v) is 1.36. The largest absolute Gasteiger partial charge is 0.324 e. The molecule has 15 heavy (non-hydrogen) atoms. The van der Waals surface area contributed by atoms with E-state index in [0.717, 1.165) is 11.3 Å². The first-order chi connectivity index (χ1) is 6.77. The predicted molar refractivity (Wildman–Crippen MR) is 63.4 cm³/mol. The second-order valence-electron chi connectivity index (χ2n) is 3.35. The third kappa shape index (κ3) is 2.58. The molecule has 1 heterocycles. The van der Waals surface area contributed by atoms with E-state index in [1.54, 1.807) is 12.5 Å². The molecule has 1 aromatic carbocycles. The Morgan fingerprint density at radius 3 is 2.40 bits per heavy atom. The zero-order chi connectivity index (χ0) is 9.97. The van der Waals surface area contributed by atoms with Gasteiger partial charge in [0.05, 0.1) is 6.33 Å². The number of aromatic nitrogens is 2. The van der Waals surface area contributed by atoms with Crippen molar-refractivity contribution in [3.63, 3.8) is 0 Å². The molecule has 0 amide bonds. The molecule has 0 aliphatic carbocycles. The van der Waals surface area contributed by atoms with Gasteiger partial charge < -0.3 is 10.3 Å². The van der Waals surface area contributed by atoms with Crippen molar-refractivity contribution in [3.05, 3.63) is 48.5 Å². The van der Waals surface area contributed by atoms with Gasteiger partial charge >= 0.3 is 0 Å².